The number of likely N-dealkylation sites (N-methyl/N-ethyl adjacent to an activating group) is 1. The molecule has 2 aromatic rings. The van der Waals surface area contributed by atoms with Gasteiger partial charge in [0.05, 0.1) is 0 Å². The van der Waals surface area contributed by atoms with E-state index in [1.165, 1.54) is 22.4 Å². The van der Waals surface area contributed by atoms with Crippen LogP contribution in [-0.2, 0) is 27.4 Å². The van der Waals surface area contributed by atoms with E-state index in [9.17, 15) is 19.2 Å². The average Bonchev–Trinajstić information content (AvgIpc) is 3.00. The lowest BCUT2D eigenvalue weighted by Crippen LogP contribution is -2.34. The lowest BCUT2D eigenvalue weighted by molar-refractivity contribution is -0.152. The molecular formula is C14H15N3O5S. The van der Waals surface area contributed by atoms with Gasteiger partial charge in [0.25, 0.3) is 11.5 Å². The Morgan fingerprint density at radius 3 is 2.78 bits per heavy atom. The molecule has 0 saturated carbocycles. The maximum atomic E-state index is 11.9. The summed E-state index contributed by atoms with van der Waals surface area (Å²) >= 11 is 1.53. The molecular weight excluding hydrogens is 322 g/mol. The number of amides is 1. The summed E-state index contributed by atoms with van der Waals surface area (Å²) in [6.45, 7) is -0.353. The fourth-order valence-electron chi connectivity index (χ4n) is 1.75. The Kier molecular flexibility index (Phi) is 5.47. The summed E-state index contributed by atoms with van der Waals surface area (Å²) in [6, 6.07) is 3.03. The normalized spacial score (nSPS) is 10.3. The van der Waals surface area contributed by atoms with Crippen molar-refractivity contribution >= 4 is 23.2 Å². The average molecular weight is 337 g/mol. The Bertz CT molecular complexity index is 793. The molecule has 122 valence electrons. The zero-order valence-corrected chi connectivity index (χ0v) is 13.2. The standard InChI is InChI=1S/C14H15N3O5S/c1-16(6-10-3-5-23-9-10)12(19)8-22-13(20)7-17-4-2-11(18)15-14(17)21/h2-5,9H,6-8H2,1H3,(H,15,18,21). The van der Waals surface area contributed by atoms with Crippen LogP contribution in [0.1, 0.15) is 5.56 Å². The molecule has 9 heteroatoms. The van der Waals surface area contributed by atoms with Gasteiger partial charge in [0.15, 0.2) is 6.61 Å². The SMILES string of the molecule is CN(Cc1ccsc1)C(=O)COC(=O)Cn1ccc(=O)[nH]c1=O. The summed E-state index contributed by atoms with van der Waals surface area (Å²) in [6.07, 6.45) is 1.19. The summed E-state index contributed by atoms with van der Waals surface area (Å²) < 4.78 is 5.84. The molecule has 23 heavy (non-hydrogen) atoms. The van der Waals surface area contributed by atoms with Gasteiger partial charge in [0.2, 0.25) is 0 Å². The second-order valence-electron chi connectivity index (χ2n) is 4.78. The molecule has 0 atom stereocenters. The molecule has 8 nitrogen and oxygen atoms in total. The molecule has 0 fully saturated rings. The molecule has 0 aliphatic heterocycles. The monoisotopic (exact) mass is 337 g/mol. The van der Waals surface area contributed by atoms with Crippen LogP contribution >= 0.6 is 11.3 Å². The number of nitrogens with one attached hydrogen (secondary N) is 1. The number of esters is 1. The summed E-state index contributed by atoms with van der Waals surface area (Å²) in [5.41, 5.74) is -0.267. The Morgan fingerprint density at radius 2 is 2.13 bits per heavy atom. The van der Waals surface area contributed by atoms with Crippen molar-refractivity contribution in [3.8, 4) is 0 Å². The van der Waals surface area contributed by atoms with Crippen molar-refractivity contribution in [2.75, 3.05) is 13.7 Å². The first-order valence-corrected chi connectivity index (χ1v) is 7.60. The van der Waals surface area contributed by atoms with E-state index in [2.05, 4.69) is 0 Å². The smallest absolute Gasteiger partial charge is 0.328 e. The minimum Gasteiger partial charge on any atom is -0.454 e. The largest absolute Gasteiger partial charge is 0.454 e. The van der Waals surface area contributed by atoms with Crippen molar-refractivity contribution in [2.24, 2.45) is 0 Å². The van der Waals surface area contributed by atoms with Crippen LogP contribution in [-0.4, -0.2) is 40.0 Å². The number of carbonyl (C=O) groups excluding carboxylic acids is 2. The Morgan fingerprint density at radius 1 is 1.35 bits per heavy atom. The number of hydrogen-bond acceptors (Lipinski definition) is 6. The van der Waals surface area contributed by atoms with Crippen LogP contribution in [0.3, 0.4) is 0 Å². The highest BCUT2D eigenvalue weighted by atomic mass is 32.1. The fraction of sp³-hybridized carbons (Fsp3) is 0.286. The second kappa shape index (κ2) is 7.54. The topological polar surface area (TPSA) is 101 Å². The molecule has 1 amide bonds. The molecule has 2 aromatic heterocycles. The second-order valence-corrected chi connectivity index (χ2v) is 5.56. The third-order valence-corrected chi connectivity index (χ3v) is 3.71. The van der Waals surface area contributed by atoms with Crippen molar-refractivity contribution in [3.63, 3.8) is 0 Å². The quantitative estimate of drug-likeness (QED) is 0.736. The molecule has 0 spiro atoms. The number of hydrogen-bond donors (Lipinski definition) is 1. The lowest BCUT2D eigenvalue weighted by Gasteiger charge is -2.16. The van der Waals surface area contributed by atoms with Crippen molar-refractivity contribution < 1.29 is 14.3 Å². The molecule has 1 N–H and O–H groups in total. The van der Waals surface area contributed by atoms with Gasteiger partial charge in [-0.15, -0.1) is 0 Å². The number of nitrogens with zero attached hydrogens (tertiary/aromatic N) is 2. The van der Waals surface area contributed by atoms with Crippen LogP contribution < -0.4 is 11.2 Å². The zero-order valence-electron chi connectivity index (χ0n) is 12.4. The highest BCUT2D eigenvalue weighted by Gasteiger charge is 2.13. The van der Waals surface area contributed by atoms with Crippen LogP contribution in [0.4, 0.5) is 0 Å². The van der Waals surface area contributed by atoms with E-state index in [0.29, 0.717) is 6.54 Å². The Labute approximate surface area is 134 Å². The molecule has 2 heterocycles. The maximum absolute atomic E-state index is 11.9. The van der Waals surface area contributed by atoms with Gasteiger partial charge in [-0.1, -0.05) is 0 Å². The number of rotatable bonds is 6. The molecule has 0 bridgehead atoms. The van der Waals surface area contributed by atoms with E-state index in [0.717, 1.165) is 16.2 Å². The zero-order chi connectivity index (χ0) is 16.8. The number of H-pyrrole nitrogens is 1. The van der Waals surface area contributed by atoms with Gasteiger partial charge in [-0.05, 0) is 22.4 Å². The van der Waals surface area contributed by atoms with E-state index in [1.54, 1.807) is 7.05 Å². The third-order valence-electron chi connectivity index (χ3n) is 2.98. The lowest BCUT2D eigenvalue weighted by atomic mass is 10.3. The van der Waals surface area contributed by atoms with Crippen LogP contribution in [0.25, 0.3) is 0 Å². The van der Waals surface area contributed by atoms with E-state index in [4.69, 9.17) is 4.74 Å². The molecule has 0 unspecified atom stereocenters. The van der Waals surface area contributed by atoms with Gasteiger partial charge in [-0.2, -0.15) is 11.3 Å². The Balaban J connectivity index is 1.82. The summed E-state index contributed by atoms with van der Waals surface area (Å²) in [5, 5.41) is 3.84. The van der Waals surface area contributed by atoms with Gasteiger partial charge in [0, 0.05) is 25.9 Å². The number of ether oxygens (including phenoxy) is 1. The first-order valence-electron chi connectivity index (χ1n) is 6.66. The van der Waals surface area contributed by atoms with Crippen LogP contribution in [0.2, 0.25) is 0 Å². The maximum Gasteiger partial charge on any atom is 0.328 e. The molecule has 0 aromatic carbocycles. The summed E-state index contributed by atoms with van der Waals surface area (Å²) in [5.74, 6) is -1.09. The first kappa shape index (κ1) is 16.7. The summed E-state index contributed by atoms with van der Waals surface area (Å²) in [4.78, 5) is 49.3. The first-order chi connectivity index (χ1) is 11.0. The predicted molar refractivity (Wildman–Crippen MR) is 83.1 cm³/mol. The van der Waals surface area contributed by atoms with Gasteiger partial charge in [-0.25, -0.2) is 4.79 Å². The van der Waals surface area contributed by atoms with Crippen molar-refractivity contribution in [3.05, 3.63) is 55.5 Å². The highest BCUT2D eigenvalue weighted by Crippen LogP contribution is 2.08. The van der Waals surface area contributed by atoms with Crippen LogP contribution in [0.5, 0.6) is 0 Å². The minimum atomic E-state index is -0.739. The van der Waals surface area contributed by atoms with Gasteiger partial charge in [-0.3, -0.25) is 23.9 Å². The van der Waals surface area contributed by atoms with E-state index >= 15 is 0 Å². The minimum absolute atomic E-state index is 0.349. The molecule has 0 radical (unpaired) electrons. The summed E-state index contributed by atoms with van der Waals surface area (Å²) in [7, 11) is 1.61. The number of thiophene rings is 1. The van der Waals surface area contributed by atoms with Crippen molar-refractivity contribution in [1.29, 1.82) is 0 Å². The van der Waals surface area contributed by atoms with Crippen molar-refractivity contribution in [2.45, 2.75) is 13.1 Å². The van der Waals surface area contributed by atoms with Crippen LogP contribution in [0, 0.1) is 0 Å². The Hall–Kier alpha value is -2.68. The van der Waals surface area contributed by atoms with E-state index < -0.39 is 23.8 Å². The fourth-order valence-corrected chi connectivity index (χ4v) is 2.41. The molecule has 0 saturated heterocycles. The molecule has 0 aliphatic rings. The number of aromatic amines is 1. The number of carbonyl (C=O) groups is 2. The molecule has 2 rings (SSSR count). The van der Waals surface area contributed by atoms with E-state index in [1.807, 2.05) is 21.8 Å². The van der Waals surface area contributed by atoms with Gasteiger partial charge < -0.3 is 9.64 Å². The van der Waals surface area contributed by atoms with E-state index in [-0.39, 0.29) is 12.5 Å². The molecule has 0 aliphatic carbocycles. The van der Waals surface area contributed by atoms with Gasteiger partial charge in [0.1, 0.15) is 6.54 Å². The predicted octanol–water partition coefficient (Wildman–Crippen LogP) is -0.200. The highest BCUT2D eigenvalue weighted by molar-refractivity contribution is 7.07. The van der Waals surface area contributed by atoms with Crippen molar-refractivity contribution in [1.82, 2.24) is 14.5 Å². The van der Waals surface area contributed by atoms with Gasteiger partial charge >= 0.3 is 11.7 Å². The third kappa shape index (κ3) is 4.92. The van der Waals surface area contributed by atoms with Crippen LogP contribution in [0.15, 0.2) is 38.7 Å². The number of aromatic nitrogens is 2.